The van der Waals surface area contributed by atoms with Gasteiger partial charge >= 0.3 is 0 Å². The van der Waals surface area contributed by atoms with Gasteiger partial charge in [0.1, 0.15) is 0 Å². The second kappa shape index (κ2) is 6.01. The molecule has 0 radical (unpaired) electrons. The highest BCUT2D eigenvalue weighted by Crippen LogP contribution is 2.13. The van der Waals surface area contributed by atoms with Crippen molar-refractivity contribution in [1.29, 1.82) is 0 Å². The van der Waals surface area contributed by atoms with Crippen molar-refractivity contribution in [2.24, 2.45) is 5.73 Å². The number of hydrogen-bond acceptors (Lipinski definition) is 3. The molecule has 92 valence electrons. The van der Waals surface area contributed by atoms with Crippen LogP contribution in [0.2, 0.25) is 0 Å². The third-order valence-electron chi connectivity index (χ3n) is 3.05. The zero-order valence-electron chi connectivity index (χ0n) is 10.9. The maximum atomic E-state index is 5.56. The minimum Gasteiger partial charge on any atom is -0.329 e. The molecule has 1 aromatic heterocycles. The van der Waals surface area contributed by atoms with Crippen LogP contribution in [0.4, 0.5) is 0 Å². The Morgan fingerprint density at radius 3 is 2.62 bits per heavy atom. The summed E-state index contributed by atoms with van der Waals surface area (Å²) in [5, 5.41) is 7.91. The lowest BCUT2D eigenvalue weighted by atomic mass is 10.1. The average Bonchev–Trinajstić information content (AvgIpc) is 2.55. The van der Waals surface area contributed by atoms with Gasteiger partial charge in [0.2, 0.25) is 0 Å². The van der Waals surface area contributed by atoms with E-state index in [-0.39, 0.29) is 0 Å². The van der Waals surface area contributed by atoms with Crippen molar-refractivity contribution >= 4 is 0 Å². The van der Waals surface area contributed by atoms with Crippen LogP contribution in [-0.4, -0.2) is 28.9 Å². The molecule has 16 heavy (non-hydrogen) atoms. The summed E-state index contributed by atoms with van der Waals surface area (Å²) in [6, 6.07) is 0.391. The van der Waals surface area contributed by atoms with Gasteiger partial charge in [-0.15, -0.1) is 0 Å². The summed E-state index contributed by atoms with van der Waals surface area (Å²) in [7, 11) is 0. The van der Waals surface area contributed by atoms with E-state index in [2.05, 4.69) is 42.8 Å². The molecule has 4 heteroatoms. The Morgan fingerprint density at radius 2 is 2.12 bits per heavy atom. The summed E-state index contributed by atoms with van der Waals surface area (Å²) in [4.78, 5) is 0. The highest BCUT2D eigenvalue weighted by molar-refractivity contribution is 5.24. The quantitative estimate of drug-likeness (QED) is 0.758. The number of aromatic nitrogens is 2. The Bertz CT molecular complexity index is 330. The van der Waals surface area contributed by atoms with Crippen molar-refractivity contribution in [3.8, 4) is 0 Å². The van der Waals surface area contributed by atoms with Crippen molar-refractivity contribution < 1.29 is 0 Å². The third kappa shape index (κ3) is 3.06. The summed E-state index contributed by atoms with van der Waals surface area (Å²) in [6.07, 6.45) is 1.03. The van der Waals surface area contributed by atoms with Gasteiger partial charge < -0.3 is 11.1 Å². The van der Waals surface area contributed by atoms with Crippen LogP contribution >= 0.6 is 0 Å². The van der Waals surface area contributed by atoms with Gasteiger partial charge in [0.15, 0.2) is 0 Å². The number of nitrogens with two attached hydrogens (primary N) is 1. The number of rotatable bonds is 6. The Balaban J connectivity index is 2.56. The molecule has 0 aromatic carbocycles. The Labute approximate surface area is 98.2 Å². The number of aryl methyl sites for hydroxylation is 2. The normalized spacial score (nSPS) is 13.1. The fourth-order valence-electron chi connectivity index (χ4n) is 1.93. The van der Waals surface area contributed by atoms with E-state index < -0.39 is 0 Å². The highest BCUT2D eigenvalue weighted by atomic mass is 15.3. The van der Waals surface area contributed by atoms with Crippen LogP contribution in [0.15, 0.2) is 0 Å². The van der Waals surface area contributed by atoms with E-state index in [1.807, 2.05) is 0 Å². The van der Waals surface area contributed by atoms with Crippen LogP contribution < -0.4 is 11.1 Å². The average molecular weight is 224 g/mol. The first-order valence-corrected chi connectivity index (χ1v) is 6.06. The molecule has 4 nitrogen and oxygen atoms in total. The van der Waals surface area contributed by atoms with Crippen molar-refractivity contribution in [3.05, 3.63) is 17.0 Å². The lowest BCUT2D eigenvalue weighted by Crippen LogP contribution is -2.34. The van der Waals surface area contributed by atoms with Gasteiger partial charge in [0.05, 0.1) is 5.69 Å². The molecule has 1 atom stereocenters. The molecule has 1 rings (SSSR count). The molecule has 0 fully saturated rings. The second-order valence-electron chi connectivity index (χ2n) is 4.31. The molecular weight excluding hydrogens is 200 g/mol. The SMILES string of the molecule is CCn1nc(C)c(CCNC(C)CN)c1C. The van der Waals surface area contributed by atoms with E-state index in [1.165, 1.54) is 11.3 Å². The molecule has 0 aliphatic heterocycles. The summed E-state index contributed by atoms with van der Waals surface area (Å²) < 4.78 is 2.07. The number of nitrogens with zero attached hydrogens (tertiary/aromatic N) is 2. The maximum absolute atomic E-state index is 5.56. The molecule has 0 aliphatic carbocycles. The summed E-state index contributed by atoms with van der Waals surface area (Å²) in [5.41, 5.74) is 9.38. The number of nitrogens with one attached hydrogen (secondary N) is 1. The van der Waals surface area contributed by atoms with Crippen LogP contribution in [0.25, 0.3) is 0 Å². The van der Waals surface area contributed by atoms with E-state index in [0.29, 0.717) is 12.6 Å². The molecule has 1 aromatic rings. The predicted molar refractivity (Wildman–Crippen MR) is 67.6 cm³/mol. The molecule has 1 unspecified atom stereocenters. The molecule has 0 saturated heterocycles. The van der Waals surface area contributed by atoms with Gasteiger partial charge in [-0.25, -0.2) is 0 Å². The summed E-state index contributed by atoms with van der Waals surface area (Å²) in [5.74, 6) is 0. The van der Waals surface area contributed by atoms with Crippen LogP contribution in [0, 0.1) is 13.8 Å². The van der Waals surface area contributed by atoms with Crippen molar-refractivity contribution in [2.75, 3.05) is 13.1 Å². The van der Waals surface area contributed by atoms with Gasteiger partial charge in [-0.05, 0) is 46.2 Å². The van der Waals surface area contributed by atoms with Crippen LogP contribution in [0.1, 0.15) is 30.8 Å². The van der Waals surface area contributed by atoms with Gasteiger partial charge in [-0.2, -0.15) is 5.10 Å². The first-order valence-electron chi connectivity index (χ1n) is 6.06. The monoisotopic (exact) mass is 224 g/mol. The highest BCUT2D eigenvalue weighted by Gasteiger charge is 2.10. The maximum Gasteiger partial charge on any atom is 0.0628 e. The van der Waals surface area contributed by atoms with E-state index in [9.17, 15) is 0 Å². The topological polar surface area (TPSA) is 55.9 Å². The van der Waals surface area contributed by atoms with E-state index in [4.69, 9.17) is 5.73 Å². The van der Waals surface area contributed by atoms with E-state index in [0.717, 1.165) is 25.2 Å². The van der Waals surface area contributed by atoms with Gasteiger partial charge in [-0.3, -0.25) is 4.68 Å². The molecule has 0 spiro atoms. The van der Waals surface area contributed by atoms with E-state index in [1.54, 1.807) is 0 Å². The molecular formula is C12H24N4. The third-order valence-corrected chi connectivity index (χ3v) is 3.05. The lowest BCUT2D eigenvalue weighted by Gasteiger charge is -2.11. The van der Waals surface area contributed by atoms with Crippen molar-refractivity contribution in [3.63, 3.8) is 0 Å². The largest absolute Gasteiger partial charge is 0.329 e. The van der Waals surface area contributed by atoms with Crippen LogP contribution in [0.5, 0.6) is 0 Å². The summed E-state index contributed by atoms with van der Waals surface area (Å²) >= 11 is 0. The standard InChI is InChI=1S/C12H24N4/c1-5-16-11(4)12(10(3)15-16)6-7-14-9(2)8-13/h9,14H,5-8,13H2,1-4H3. The molecule has 0 saturated carbocycles. The van der Waals surface area contributed by atoms with Crippen LogP contribution in [0.3, 0.4) is 0 Å². The lowest BCUT2D eigenvalue weighted by molar-refractivity contribution is 0.557. The summed E-state index contributed by atoms with van der Waals surface area (Å²) in [6.45, 7) is 11.1. The van der Waals surface area contributed by atoms with Gasteiger partial charge in [0.25, 0.3) is 0 Å². The number of hydrogen-bond donors (Lipinski definition) is 2. The zero-order chi connectivity index (χ0) is 12.1. The predicted octanol–water partition coefficient (Wildman–Crippen LogP) is 0.999. The molecule has 0 amide bonds. The Morgan fingerprint density at radius 1 is 1.44 bits per heavy atom. The van der Waals surface area contributed by atoms with Crippen LogP contribution in [-0.2, 0) is 13.0 Å². The fraction of sp³-hybridized carbons (Fsp3) is 0.750. The van der Waals surface area contributed by atoms with Crippen molar-refractivity contribution in [2.45, 2.75) is 46.7 Å². The minimum absolute atomic E-state index is 0.391. The smallest absolute Gasteiger partial charge is 0.0628 e. The molecule has 1 heterocycles. The van der Waals surface area contributed by atoms with E-state index >= 15 is 0 Å². The molecule has 0 bridgehead atoms. The molecule has 3 N–H and O–H groups in total. The van der Waals surface area contributed by atoms with Crippen molar-refractivity contribution in [1.82, 2.24) is 15.1 Å². The minimum atomic E-state index is 0.391. The Hall–Kier alpha value is -0.870. The van der Waals surface area contributed by atoms with Gasteiger partial charge in [-0.1, -0.05) is 0 Å². The first-order chi connectivity index (χ1) is 7.60. The zero-order valence-corrected chi connectivity index (χ0v) is 10.9. The molecule has 0 aliphatic rings. The second-order valence-corrected chi connectivity index (χ2v) is 4.31. The first kappa shape index (κ1) is 13.2. The fourth-order valence-corrected chi connectivity index (χ4v) is 1.93. The van der Waals surface area contributed by atoms with Gasteiger partial charge in [0, 0.05) is 24.8 Å². The Kier molecular flexibility index (Phi) is 4.96.